The van der Waals surface area contributed by atoms with Crippen LogP contribution in [0.4, 0.5) is 0 Å². The van der Waals surface area contributed by atoms with Crippen molar-refractivity contribution in [2.75, 3.05) is 74.1 Å². The first-order valence-electron chi connectivity index (χ1n) is 11.8. The van der Waals surface area contributed by atoms with E-state index in [0.717, 1.165) is 65.0 Å². The monoisotopic (exact) mass is 522 g/mol. The summed E-state index contributed by atoms with van der Waals surface area (Å²) in [6, 6.07) is 19.8. The van der Waals surface area contributed by atoms with Crippen molar-refractivity contribution in [2.24, 2.45) is 0 Å². The highest BCUT2D eigenvalue weighted by molar-refractivity contribution is 7.96. The van der Waals surface area contributed by atoms with Crippen molar-refractivity contribution in [3.63, 3.8) is 0 Å². The van der Waals surface area contributed by atoms with Crippen molar-refractivity contribution in [1.29, 1.82) is 0 Å². The van der Waals surface area contributed by atoms with Crippen LogP contribution in [0.5, 0.6) is 0 Å². The van der Waals surface area contributed by atoms with Gasteiger partial charge in [-0.1, -0.05) is 93.7 Å². The molecule has 0 saturated carbocycles. The third-order valence-corrected chi connectivity index (χ3v) is 4.48. The minimum absolute atomic E-state index is 0. The predicted molar refractivity (Wildman–Crippen MR) is 162 cm³/mol. The zero-order valence-electron chi connectivity index (χ0n) is 22.4. The summed E-state index contributed by atoms with van der Waals surface area (Å²) in [5, 5.41) is 3.24. The molecule has 0 spiro atoms. The predicted octanol–water partition coefficient (Wildman–Crippen LogP) is 5.39. The van der Waals surface area contributed by atoms with Crippen LogP contribution in [0, 0.1) is 0 Å². The summed E-state index contributed by atoms with van der Waals surface area (Å²) in [7, 11) is 9.40. The molecule has 2 aromatic rings. The Hall–Kier alpha value is -1.53. The number of nitrogens with zero attached hydrogens (tertiary/aromatic N) is 3. The highest BCUT2D eigenvalue weighted by Gasteiger charge is 2.03. The van der Waals surface area contributed by atoms with Gasteiger partial charge in [0.25, 0.3) is 0 Å². The normalized spacial score (nSPS) is 9.77. The molecule has 0 radical (unpaired) electrons. The van der Waals surface area contributed by atoms with E-state index in [4.69, 9.17) is 0 Å². The number of carbonyl (C=O) groups excluding carboxylic acids is 1. The van der Waals surface area contributed by atoms with Gasteiger partial charge in [0, 0.05) is 38.3 Å². The van der Waals surface area contributed by atoms with E-state index in [-0.39, 0.29) is 7.43 Å². The van der Waals surface area contributed by atoms with Gasteiger partial charge in [-0.25, -0.2) is 0 Å². The van der Waals surface area contributed by atoms with Gasteiger partial charge in [0.2, 0.25) is 0 Å². The zero-order valence-corrected chi connectivity index (χ0v) is 24.1. The lowest BCUT2D eigenvalue weighted by atomic mass is 10.2. The molecule has 0 atom stereocenters. The van der Waals surface area contributed by atoms with Crippen molar-refractivity contribution in [3.05, 3.63) is 71.8 Å². The lowest BCUT2D eigenvalue weighted by molar-refractivity contribution is 0.112. The smallest absolute Gasteiger partial charge is 0.150 e. The number of likely N-dealkylation sites (N-methyl/N-ethyl adjacent to an activating group) is 4. The van der Waals surface area contributed by atoms with Gasteiger partial charge in [0.15, 0.2) is 0 Å². The quantitative estimate of drug-likeness (QED) is 0.242. The van der Waals surface area contributed by atoms with E-state index in [1.165, 1.54) is 5.56 Å². The number of nitrogens with one attached hydrogen (secondary N) is 1. The molecule has 0 unspecified atom stereocenters. The van der Waals surface area contributed by atoms with E-state index in [9.17, 15) is 4.79 Å². The Morgan fingerprint density at radius 3 is 1.71 bits per heavy atom. The van der Waals surface area contributed by atoms with Gasteiger partial charge in [0.1, 0.15) is 6.29 Å². The number of aldehydes is 1. The third kappa shape index (κ3) is 28.6. The second-order valence-electron chi connectivity index (χ2n) is 8.03. The molecule has 7 heteroatoms. The molecule has 200 valence electrons. The van der Waals surface area contributed by atoms with Gasteiger partial charge in [-0.05, 0) is 60.9 Å². The Morgan fingerprint density at radius 2 is 1.34 bits per heavy atom. The Balaban J connectivity index is -0.000000438. The molecule has 0 aliphatic carbocycles. The Morgan fingerprint density at radius 1 is 0.857 bits per heavy atom. The van der Waals surface area contributed by atoms with Crippen molar-refractivity contribution in [1.82, 2.24) is 20.0 Å². The molecule has 0 aliphatic rings. The number of benzene rings is 2. The number of rotatable bonds is 11. The maximum absolute atomic E-state index is 10.0. The van der Waals surface area contributed by atoms with E-state index >= 15 is 0 Å². The lowest BCUT2D eigenvalue weighted by Crippen LogP contribution is -2.31. The maximum Gasteiger partial charge on any atom is 0.150 e. The van der Waals surface area contributed by atoms with E-state index in [1.807, 2.05) is 24.9 Å². The van der Waals surface area contributed by atoms with Crippen molar-refractivity contribution >= 4 is 25.4 Å². The molecule has 0 bridgehead atoms. The summed E-state index contributed by atoms with van der Waals surface area (Å²) < 4.78 is 0. The summed E-state index contributed by atoms with van der Waals surface area (Å²) in [6.45, 7) is 14.0. The molecule has 0 saturated heterocycles. The van der Waals surface area contributed by atoms with Crippen LogP contribution in [0.3, 0.4) is 0 Å². The van der Waals surface area contributed by atoms with Gasteiger partial charge in [0.05, 0.1) is 0 Å². The van der Waals surface area contributed by atoms with Crippen LogP contribution in [-0.4, -0.2) is 95.1 Å². The molecule has 0 aliphatic heterocycles. The summed E-state index contributed by atoms with van der Waals surface area (Å²) in [5.74, 6) is 0. The fraction of sp³-hybridized carbons (Fsp3) is 0.536. The van der Waals surface area contributed by atoms with E-state index in [2.05, 4.69) is 104 Å². The second kappa shape index (κ2) is 28.7. The molecule has 1 N–H and O–H groups in total. The number of hydrogen-bond donors (Lipinski definition) is 1. The topological polar surface area (TPSA) is 38.8 Å². The molecule has 35 heavy (non-hydrogen) atoms. The second-order valence-corrected chi connectivity index (χ2v) is 9.49. The standard InChI is InChI=1S/C13H22N2.C7H6O.C6H16N2.CH3PS.CH4/c1-4-15(11-10-14(2)3)12-13-8-6-5-7-9-13;8-6-7-4-2-1-3-5-7;1-4-7-5-6-8(2)3;1-2-3;/h5-9H,4,10-12H2,1-3H3;1-6H;7H,4-6H2,1-3H3;1H3;1H4. The molecular weight excluding hydrogens is 471 g/mol. The molecule has 5 nitrogen and oxygen atoms in total. The van der Waals surface area contributed by atoms with Gasteiger partial charge < -0.3 is 15.1 Å². The summed E-state index contributed by atoms with van der Waals surface area (Å²) in [4.78, 5) is 16.9. The lowest BCUT2D eigenvalue weighted by Gasteiger charge is -2.22. The largest absolute Gasteiger partial charge is 0.316 e. The molecular formula is C28H51N4OPS. The summed E-state index contributed by atoms with van der Waals surface area (Å²) in [5.41, 5.74) is 2.13. The highest BCUT2D eigenvalue weighted by atomic mass is 32.4. The fourth-order valence-electron chi connectivity index (χ4n) is 2.54. The third-order valence-electron chi connectivity index (χ3n) is 4.48. The van der Waals surface area contributed by atoms with Crippen LogP contribution >= 0.6 is 7.36 Å². The zero-order chi connectivity index (χ0) is 26.0. The van der Waals surface area contributed by atoms with Crippen LogP contribution in [0.15, 0.2) is 60.7 Å². The van der Waals surface area contributed by atoms with E-state index in [1.54, 1.807) is 12.1 Å². The van der Waals surface area contributed by atoms with Gasteiger partial charge >= 0.3 is 0 Å². The first-order valence-corrected chi connectivity index (χ1v) is 14.2. The van der Waals surface area contributed by atoms with Crippen molar-refractivity contribution in [3.8, 4) is 0 Å². The van der Waals surface area contributed by atoms with Crippen LogP contribution in [0.2, 0.25) is 0 Å². The van der Waals surface area contributed by atoms with Crippen LogP contribution in [0.25, 0.3) is 0 Å². The van der Waals surface area contributed by atoms with Crippen molar-refractivity contribution < 1.29 is 4.79 Å². The molecule has 2 aromatic carbocycles. The van der Waals surface area contributed by atoms with Crippen LogP contribution in [0.1, 0.15) is 37.2 Å². The van der Waals surface area contributed by atoms with Crippen molar-refractivity contribution in [2.45, 2.75) is 27.8 Å². The first-order chi connectivity index (χ1) is 16.3. The summed E-state index contributed by atoms with van der Waals surface area (Å²) >= 11 is 4.37. The molecule has 0 heterocycles. The van der Waals surface area contributed by atoms with Gasteiger partial charge in [-0.2, -0.15) is 0 Å². The molecule has 0 aromatic heterocycles. The minimum Gasteiger partial charge on any atom is -0.316 e. The SMILES string of the molecule is C.CCN(CCN(C)C)Cc1ccccc1.CCNCCN(C)C.CP=S.O=Cc1ccccc1. The maximum atomic E-state index is 10.0. The molecule has 0 amide bonds. The van der Waals surface area contributed by atoms with Crippen LogP contribution in [-0.2, 0) is 18.4 Å². The van der Waals surface area contributed by atoms with E-state index in [0.29, 0.717) is 0 Å². The summed E-state index contributed by atoms with van der Waals surface area (Å²) in [6.07, 6.45) is 0.833. The average Bonchev–Trinajstić information content (AvgIpc) is 2.84. The Kier molecular flexibility index (Phi) is 31.2. The Labute approximate surface area is 223 Å². The van der Waals surface area contributed by atoms with Gasteiger partial charge in [-0.3, -0.25) is 9.69 Å². The average molecular weight is 523 g/mol. The minimum atomic E-state index is 0. The fourth-order valence-corrected chi connectivity index (χ4v) is 2.54. The molecule has 2 rings (SSSR count). The Bertz CT molecular complexity index is 688. The van der Waals surface area contributed by atoms with E-state index < -0.39 is 0 Å². The van der Waals surface area contributed by atoms with Crippen LogP contribution < -0.4 is 5.32 Å². The number of carbonyl (C=O) groups is 1. The number of hydrogen-bond acceptors (Lipinski definition) is 6. The van der Waals surface area contributed by atoms with Gasteiger partial charge in [-0.15, -0.1) is 0 Å². The first kappa shape index (κ1) is 38.0. The molecule has 0 fully saturated rings. The highest BCUT2D eigenvalue weighted by Crippen LogP contribution is 2.03.